The second kappa shape index (κ2) is 7.33. The van der Waals surface area contributed by atoms with Crippen molar-refractivity contribution in [2.75, 3.05) is 0 Å². The van der Waals surface area contributed by atoms with Crippen LogP contribution in [0, 0.1) is 0 Å². The SMILES string of the molecule is Oc1c(N=Nc2ccccc2)sc2nc(-c3ccccc3)c(-c3ccccc3)n12. The van der Waals surface area contributed by atoms with E-state index >= 15 is 0 Å². The average molecular weight is 396 g/mol. The molecule has 2 aromatic heterocycles. The summed E-state index contributed by atoms with van der Waals surface area (Å²) in [6.07, 6.45) is 0. The van der Waals surface area contributed by atoms with Crippen LogP contribution in [0.5, 0.6) is 5.88 Å². The molecule has 5 nitrogen and oxygen atoms in total. The van der Waals surface area contributed by atoms with Gasteiger partial charge in [0.25, 0.3) is 0 Å². The zero-order chi connectivity index (χ0) is 19.6. The quantitative estimate of drug-likeness (QED) is 0.338. The number of aromatic nitrogens is 2. The smallest absolute Gasteiger partial charge is 0.237 e. The van der Waals surface area contributed by atoms with Crippen molar-refractivity contribution in [1.82, 2.24) is 9.38 Å². The van der Waals surface area contributed by atoms with Gasteiger partial charge in [-0.05, 0) is 12.1 Å². The summed E-state index contributed by atoms with van der Waals surface area (Å²) in [5, 5.41) is 19.9. The van der Waals surface area contributed by atoms with Crippen molar-refractivity contribution in [3.8, 4) is 28.4 Å². The number of benzene rings is 3. The maximum Gasteiger partial charge on any atom is 0.237 e. The van der Waals surface area contributed by atoms with E-state index in [9.17, 15) is 5.11 Å². The Kier molecular flexibility index (Phi) is 4.38. The lowest BCUT2D eigenvalue weighted by Gasteiger charge is -2.05. The van der Waals surface area contributed by atoms with Gasteiger partial charge < -0.3 is 5.11 Å². The molecule has 5 rings (SSSR count). The van der Waals surface area contributed by atoms with E-state index < -0.39 is 0 Å². The molecule has 0 radical (unpaired) electrons. The first kappa shape index (κ1) is 17.3. The molecule has 0 unspecified atom stereocenters. The molecule has 0 bridgehead atoms. The summed E-state index contributed by atoms with van der Waals surface area (Å²) in [6, 6.07) is 29.4. The maximum atomic E-state index is 10.9. The third-order valence-corrected chi connectivity index (χ3v) is 5.46. The number of azo groups is 1. The first-order chi connectivity index (χ1) is 14.3. The van der Waals surface area contributed by atoms with Crippen molar-refractivity contribution in [1.29, 1.82) is 0 Å². The zero-order valence-electron chi connectivity index (χ0n) is 15.3. The fourth-order valence-electron chi connectivity index (χ4n) is 3.21. The molecule has 0 amide bonds. The standard InChI is InChI=1S/C23H16N4OS/c28-22-21(26-25-18-14-8-3-9-15-18)29-23-24-19(16-10-4-1-5-11-16)20(27(22)23)17-12-6-2-7-13-17/h1-15,28H. The highest BCUT2D eigenvalue weighted by Gasteiger charge is 2.22. The number of hydrogen-bond donors (Lipinski definition) is 1. The lowest BCUT2D eigenvalue weighted by atomic mass is 10.1. The van der Waals surface area contributed by atoms with Gasteiger partial charge in [0.2, 0.25) is 10.9 Å². The van der Waals surface area contributed by atoms with Crippen molar-refractivity contribution in [2.45, 2.75) is 0 Å². The van der Waals surface area contributed by atoms with Crippen molar-refractivity contribution in [3.05, 3.63) is 91.0 Å². The van der Waals surface area contributed by atoms with Gasteiger partial charge in [-0.2, -0.15) is 0 Å². The van der Waals surface area contributed by atoms with Crippen molar-refractivity contribution >= 4 is 27.0 Å². The Hall–Kier alpha value is -3.77. The van der Waals surface area contributed by atoms with E-state index in [4.69, 9.17) is 4.98 Å². The number of fused-ring (bicyclic) bond motifs is 1. The molecule has 2 heterocycles. The van der Waals surface area contributed by atoms with E-state index in [1.165, 1.54) is 11.3 Å². The summed E-state index contributed by atoms with van der Waals surface area (Å²) in [5.74, 6) is 0.0400. The highest BCUT2D eigenvalue weighted by molar-refractivity contribution is 7.21. The summed E-state index contributed by atoms with van der Waals surface area (Å²) < 4.78 is 1.75. The first-order valence-electron chi connectivity index (χ1n) is 9.13. The lowest BCUT2D eigenvalue weighted by molar-refractivity contribution is 0.451. The summed E-state index contributed by atoms with van der Waals surface area (Å²) in [5.41, 5.74) is 4.35. The molecule has 0 aliphatic heterocycles. The predicted octanol–water partition coefficient (Wildman–Crippen LogP) is 6.85. The number of rotatable bonds is 4. The molecule has 0 atom stereocenters. The zero-order valence-corrected chi connectivity index (χ0v) is 16.1. The number of hydrogen-bond acceptors (Lipinski definition) is 5. The minimum absolute atomic E-state index is 0.0400. The molecule has 29 heavy (non-hydrogen) atoms. The first-order valence-corrected chi connectivity index (χ1v) is 9.95. The van der Waals surface area contributed by atoms with Crippen molar-refractivity contribution < 1.29 is 5.11 Å². The Morgan fingerprint density at radius 2 is 1.31 bits per heavy atom. The van der Waals surface area contributed by atoms with Gasteiger partial charge in [-0.1, -0.05) is 90.2 Å². The van der Waals surface area contributed by atoms with Crippen LogP contribution in [0.15, 0.2) is 101 Å². The van der Waals surface area contributed by atoms with Gasteiger partial charge in [0.05, 0.1) is 17.1 Å². The predicted molar refractivity (Wildman–Crippen MR) is 116 cm³/mol. The molecule has 1 N–H and O–H groups in total. The Morgan fingerprint density at radius 3 is 1.97 bits per heavy atom. The highest BCUT2D eigenvalue weighted by atomic mass is 32.1. The number of aromatic hydroxyl groups is 1. The van der Waals surface area contributed by atoms with Gasteiger partial charge in [-0.3, -0.25) is 4.40 Å². The lowest BCUT2D eigenvalue weighted by Crippen LogP contribution is -1.88. The molecule has 3 aromatic carbocycles. The van der Waals surface area contributed by atoms with Crippen LogP contribution in [0.1, 0.15) is 0 Å². The van der Waals surface area contributed by atoms with Crippen LogP contribution < -0.4 is 0 Å². The largest absolute Gasteiger partial charge is 0.492 e. The maximum absolute atomic E-state index is 10.9. The fourth-order valence-corrected chi connectivity index (χ4v) is 4.06. The van der Waals surface area contributed by atoms with E-state index in [2.05, 4.69) is 10.2 Å². The van der Waals surface area contributed by atoms with Crippen LogP contribution in [0.25, 0.3) is 27.5 Å². The van der Waals surface area contributed by atoms with Gasteiger partial charge in [0.15, 0.2) is 4.96 Å². The highest BCUT2D eigenvalue weighted by Crippen LogP contribution is 2.44. The molecule has 0 aliphatic carbocycles. The van der Waals surface area contributed by atoms with Crippen LogP contribution in [-0.2, 0) is 0 Å². The molecular formula is C23H16N4OS. The summed E-state index contributed by atoms with van der Waals surface area (Å²) >= 11 is 1.31. The second-order valence-electron chi connectivity index (χ2n) is 6.43. The second-order valence-corrected chi connectivity index (χ2v) is 7.38. The summed E-state index contributed by atoms with van der Waals surface area (Å²) in [7, 11) is 0. The Morgan fingerprint density at radius 1 is 0.724 bits per heavy atom. The van der Waals surface area contributed by atoms with Gasteiger partial charge in [-0.25, -0.2) is 4.98 Å². The summed E-state index contributed by atoms with van der Waals surface area (Å²) in [6.45, 7) is 0. The fraction of sp³-hybridized carbons (Fsp3) is 0. The van der Waals surface area contributed by atoms with E-state index in [0.29, 0.717) is 9.96 Å². The Balaban J connectivity index is 1.69. The molecule has 0 saturated heterocycles. The molecule has 6 heteroatoms. The third kappa shape index (κ3) is 3.19. The van der Waals surface area contributed by atoms with E-state index in [1.54, 1.807) is 4.40 Å². The van der Waals surface area contributed by atoms with Gasteiger partial charge >= 0.3 is 0 Å². The van der Waals surface area contributed by atoms with Crippen LogP contribution in [0.4, 0.5) is 10.7 Å². The molecule has 5 aromatic rings. The minimum Gasteiger partial charge on any atom is -0.492 e. The normalized spacial score (nSPS) is 11.4. The monoisotopic (exact) mass is 396 g/mol. The van der Waals surface area contributed by atoms with Crippen molar-refractivity contribution in [3.63, 3.8) is 0 Å². The number of thiazole rings is 1. The Labute approximate surface area is 171 Å². The van der Waals surface area contributed by atoms with Gasteiger partial charge in [0.1, 0.15) is 0 Å². The van der Waals surface area contributed by atoms with Gasteiger partial charge in [-0.15, -0.1) is 10.2 Å². The van der Waals surface area contributed by atoms with Crippen LogP contribution >= 0.6 is 11.3 Å². The Bertz CT molecular complexity index is 1290. The molecular weight excluding hydrogens is 380 g/mol. The van der Waals surface area contributed by atoms with Crippen LogP contribution in [-0.4, -0.2) is 14.5 Å². The minimum atomic E-state index is 0.0400. The molecule has 140 valence electrons. The molecule has 0 aliphatic rings. The number of imidazole rings is 1. The average Bonchev–Trinajstić information content (AvgIpc) is 3.31. The molecule has 0 saturated carbocycles. The van der Waals surface area contributed by atoms with Crippen LogP contribution in [0.3, 0.4) is 0 Å². The van der Waals surface area contributed by atoms with E-state index in [-0.39, 0.29) is 5.88 Å². The molecule has 0 spiro atoms. The van der Waals surface area contributed by atoms with Crippen molar-refractivity contribution in [2.24, 2.45) is 10.2 Å². The molecule has 0 fully saturated rings. The van der Waals surface area contributed by atoms with E-state index in [1.807, 2.05) is 91.0 Å². The third-order valence-electron chi connectivity index (χ3n) is 4.54. The van der Waals surface area contributed by atoms with Gasteiger partial charge in [0, 0.05) is 11.1 Å². The number of nitrogens with zero attached hydrogens (tertiary/aromatic N) is 4. The summed E-state index contributed by atoms with van der Waals surface area (Å²) in [4.78, 5) is 5.48. The topological polar surface area (TPSA) is 62.2 Å². The van der Waals surface area contributed by atoms with E-state index in [0.717, 1.165) is 28.2 Å². The van der Waals surface area contributed by atoms with Crippen LogP contribution in [0.2, 0.25) is 0 Å².